The summed E-state index contributed by atoms with van der Waals surface area (Å²) in [5.41, 5.74) is 1.17. The van der Waals surface area contributed by atoms with E-state index < -0.39 is 0 Å². The summed E-state index contributed by atoms with van der Waals surface area (Å²) in [5.74, 6) is 2.02. The molecule has 0 N–H and O–H groups in total. The standard InChI is InChI=1S/C15H16N2O2/c18-13-8-6-12(7-9-13)15-16-14(17-19-15)10-11-4-2-1-3-5-11/h1-5,12H,6-10H2. The molecule has 0 saturated heterocycles. The van der Waals surface area contributed by atoms with E-state index in [1.165, 1.54) is 5.56 Å². The molecule has 0 spiro atoms. The minimum Gasteiger partial charge on any atom is -0.339 e. The molecule has 1 aromatic heterocycles. The van der Waals surface area contributed by atoms with Crippen LogP contribution < -0.4 is 0 Å². The molecule has 0 aliphatic heterocycles. The zero-order valence-corrected chi connectivity index (χ0v) is 10.7. The Morgan fingerprint density at radius 3 is 2.63 bits per heavy atom. The molecular weight excluding hydrogens is 240 g/mol. The van der Waals surface area contributed by atoms with E-state index in [0.29, 0.717) is 30.9 Å². The summed E-state index contributed by atoms with van der Waals surface area (Å²) in [6, 6.07) is 10.1. The third-order valence-corrected chi connectivity index (χ3v) is 3.58. The smallest absolute Gasteiger partial charge is 0.229 e. The maximum atomic E-state index is 11.2. The Morgan fingerprint density at radius 1 is 1.16 bits per heavy atom. The van der Waals surface area contributed by atoms with Crippen LogP contribution in [0.2, 0.25) is 0 Å². The second-order valence-corrected chi connectivity index (χ2v) is 5.02. The second kappa shape index (κ2) is 5.34. The van der Waals surface area contributed by atoms with Gasteiger partial charge in [-0.05, 0) is 18.4 Å². The number of ketones is 1. The lowest BCUT2D eigenvalue weighted by molar-refractivity contribution is -0.120. The van der Waals surface area contributed by atoms with Gasteiger partial charge in [0, 0.05) is 25.2 Å². The van der Waals surface area contributed by atoms with E-state index in [2.05, 4.69) is 22.3 Å². The van der Waals surface area contributed by atoms with Gasteiger partial charge in [0.25, 0.3) is 0 Å². The molecule has 4 nitrogen and oxygen atoms in total. The van der Waals surface area contributed by atoms with Crippen molar-refractivity contribution in [2.24, 2.45) is 0 Å². The summed E-state index contributed by atoms with van der Waals surface area (Å²) in [4.78, 5) is 15.7. The predicted molar refractivity (Wildman–Crippen MR) is 69.8 cm³/mol. The molecule has 1 fully saturated rings. The first-order valence-corrected chi connectivity index (χ1v) is 6.69. The Hall–Kier alpha value is -1.97. The molecule has 19 heavy (non-hydrogen) atoms. The van der Waals surface area contributed by atoms with E-state index in [0.717, 1.165) is 18.7 Å². The van der Waals surface area contributed by atoms with Crippen LogP contribution in [0, 0.1) is 0 Å². The van der Waals surface area contributed by atoms with Gasteiger partial charge in [-0.3, -0.25) is 4.79 Å². The molecular formula is C15H16N2O2. The van der Waals surface area contributed by atoms with Crippen molar-refractivity contribution in [3.8, 4) is 0 Å². The molecule has 2 aromatic rings. The SMILES string of the molecule is O=C1CCC(c2nc(Cc3ccccc3)no2)CC1. The van der Waals surface area contributed by atoms with Crippen LogP contribution in [0.5, 0.6) is 0 Å². The largest absolute Gasteiger partial charge is 0.339 e. The average Bonchev–Trinajstić information content (AvgIpc) is 2.89. The zero-order chi connectivity index (χ0) is 13.1. The number of carbonyl (C=O) groups is 1. The van der Waals surface area contributed by atoms with Crippen LogP contribution in [0.1, 0.15) is 48.9 Å². The fraction of sp³-hybridized carbons (Fsp3) is 0.400. The minimum atomic E-state index is 0.259. The number of nitrogens with zero attached hydrogens (tertiary/aromatic N) is 2. The Morgan fingerprint density at radius 2 is 1.89 bits per heavy atom. The quantitative estimate of drug-likeness (QED) is 0.847. The van der Waals surface area contributed by atoms with Gasteiger partial charge in [0.15, 0.2) is 5.82 Å². The number of hydrogen-bond donors (Lipinski definition) is 0. The molecule has 1 aliphatic carbocycles. The van der Waals surface area contributed by atoms with Gasteiger partial charge in [0.05, 0.1) is 0 Å². The van der Waals surface area contributed by atoms with E-state index in [1.807, 2.05) is 18.2 Å². The van der Waals surface area contributed by atoms with Crippen LogP contribution in [0.15, 0.2) is 34.9 Å². The fourth-order valence-corrected chi connectivity index (χ4v) is 2.47. The van der Waals surface area contributed by atoms with E-state index in [9.17, 15) is 4.79 Å². The van der Waals surface area contributed by atoms with Crippen molar-refractivity contribution in [1.82, 2.24) is 10.1 Å². The van der Waals surface area contributed by atoms with Gasteiger partial charge < -0.3 is 4.52 Å². The maximum absolute atomic E-state index is 11.2. The summed E-state index contributed by atoms with van der Waals surface area (Å²) in [7, 11) is 0. The van der Waals surface area contributed by atoms with Crippen molar-refractivity contribution in [1.29, 1.82) is 0 Å². The second-order valence-electron chi connectivity index (χ2n) is 5.02. The highest BCUT2D eigenvalue weighted by atomic mass is 16.5. The van der Waals surface area contributed by atoms with Gasteiger partial charge in [-0.15, -0.1) is 0 Å². The number of carbonyl (C=O) groups excluding carboxylic acids is 1. The van der Waals surface area contributed by atoms with Crippen molar-refractivity contribution < 1.29 is 9.32 Å². The lowest BCUT2D eigenvalue weighted by Gasteiger charge is -2.16. The first-order valence-electron chi connectivity index (χ1n) is 6.69. The number of aromatic nitrogens is 2. The summed E-state index contributed by atoms with van der Waals surface area (Å²) in [6.07, 6.45) is 3.65. The molecule has 0 amide bonds. The van der Waals surface area contributed by atoms with Gasteiger partial charge in [0.1, 0.15) is 5.78 Å². The van der Waals surface area contributed by atoms with Crippen LogP contribution in [-0.4, -0.2) is 15.9 Å². The Bertz CT molecular complexity index is 553. The summed E-state index contributed by atoms with van der Waals surface area (Å²) < 4.78 is 5.34. The van der Waals surface area contributed by atoms with Crippen LogP contribution in [0.4, 0.5) is 0 Å². The van der Waals surface area contributed by atoms with Gasteiger partial charge in [-0.2, -0.15) is 4.98 Å². The first-order chi connectivity index (χ1) is 9.31. The van der Waals surface area contributed by atoms with Crippen LogP contribution >= 0.6 is 0 Å². The normalized spacial score (nSPS) is 16.7. The number of Topliss-reactive ketones (excluding diaryl/α,β-unsaturated/α-hetero) is 1. The predicted octanol–water partition coefficient (Wildman–Crippen LogP) is 2.89. The lowest BCUT2D eigenvalue weighted by atomic mass is 9.88. The van der Waals surface area contributed by atoms with Crippen LogP contribution in [0.3, 0.4) is 0 Å². The number of hydrogen-bond acceptors (Lipinski definition) is 4. The van der Waals surface area contributed by atoms with Crippen LogP contribution in [0.25, 0.3) is 0 Å². The summed E-state index contributed by atoms with van der Waals surface area (Å²) >= 11 is 0. The third-order valence-electron chi connectivity index (χ3n) is 3.58. The summed E-state index contributed by atoms with van der Waals surface area (Å²) in [5, 5.41) is 4.03. The third kappa shape index (κ3) is 2.89. The van der Waals surface area contributed by atoms with Crippen molar-refractivity contribution in [3.63, 3.8) is 0 Å². The number of rotatable bonds is 3. The Balaban J connectivity index is 1.68. The Labute approximate surface area is 111 Å². The van der Waals surface area contributed by atoms with E-state index >= 15 is 0 Å². The fourth-order valence-electron chi connectivity index (χ4n) is 2.47. The highest BCUT2D eigenvalue weighted by Gasteiger charge is 2.24. The molecule has 1 aliphatic rings. The van der Waals surface area contributed by atoms with Crippen molar-refractivity contribution in [3.05, 3.63) is 47.6 Å². The van der Waals surface area contributed by atoms with Crippen LogP contribution in [-0.2, 0) is 11.2 Å². The first kappa shape index (κ1) is 12.1. The molecule has 4 heteroatoms. The van der Waals surface area contributed by atoms with E-state index in [-0.39, 0.29) is 5.92 Å². The minimum absolute atomic E-state index is 0.259. The molecule has 1 saturated carbocycles. The zero-order valence-electron chi connectivity index (χ0n) is 10.7. The average molecular weight is 256 g/mol. The van der Waals surface area contributed by atoms with Gasteiger partial charge in [0.2, 0.25) is 5.89 Å². The molecule has 1 heterocycles. The molecule has 98 valence electrons. The molecule has 3 rings (SSSR count). The van der Waals surface area contributed by atoms with Crippen molar-refractivity contribution in [2.75, 3.05) is 0 Å². The molecule has 0 unspecified atom stereocenters. The molecule has 0 bridgehead atoms. The topological polar surface area (TPSA) is 56.0 Å². The lowest BCUT2D eigenvalue weighted by Crippen LogP contribution is -2.12. The molecule has 0 radical (unpaired) electrons. The van der Waals surface area contributed by atoms with E-state index in [4.69, 9.17) is 4.52 Å². The molecule has 0 atom stereocenters. The highest BCUT2D eigenvalue weighted by Crippen LogP contribution is 2.30. The Kier molecular flexibility index (Phi) is 3.40. The summed E-state index contributed by atoms with van der Waals surface area (Å²) in [6.45, 7) is 0. The molecule has 1 aromatic carbocycles. The van der Waals surface area contributed by atoms with Gasteiger partial charge >= 0.3 is 0 Å². The van der Waals surface area contributed by atoms with E-state index in [1.54, 1.807) is 0 Å². The maximum Gasteiger partial charge on any atom is 0.229 e. The van der Waals surface area contributed by atoms with Gasteiger partial charge in [-0.25, -0.2) is 0 Å². The van der Waals surface area contributed by atoms with Gasteiger partial charge in [-0.1, -0.05) is 35.5 Å². The number of benzene rings is 1. The highest BCUT2D eigenvalue weighted by molar-refractivity contribution is 5.79. The van der Waals surface area contributed by atoms with Crippen molar-refractivity contribution >= 4 is 5.78 Å². The monoisotopic (exact) mass is 256 g/mol. The van der Waals surface area contributed by atoms with Crippen molar-refractivity contribution in [2.45, 2.75) is 38.0 Å².